The fourth-order valence-corrected chi connectivity index (χ4v) is 2.79. The van der Waals surface area contributed by atoms with Crippen LogP contribution in [0.5, 0.6) is 0 Å². The molecule has 0 bridgehead atoms. The van der Waals surface area contributed by atoms with Crippen molar-refractivity contribution in [1.29, 1.82) is 0 Å². The molecule has 0 aliphatic rings. The first-order valence-corrected chi connectivity index (χ1v) is 7.43. The zero-order chi connectivity index (χ0) is 13.9. The van der Waals surface area contributed by atoms with Crippen molar-refractivity contribution in [3.8, 4) is 11.3 Å². The molecule has 0 saturated carbocycles. The minimum Gasteiger partial charge on any atom is -0.344 e. The SMILES string of the molecule is CCCCc1ccc(-c2cc3ccccc3n2C)cc1. The molecule has 0 saturated heterocycles. The molecule has 0 unspecified atom stereocenters. The summed E-state index contributed by atoms with van der Waals surface area (Å²) in [5, 5.41) is 1.31. The number of aryl methyl sites for hydroxylation is 2. The van der Waals surface area contributed by atoms with Gasteiger partial charge in [0, 0.05) is 23.6 Å². The molecule has 1 nitrogen and oxygen atoms in total. The molecular formula is C19H21N. The Hall–Kier alpha value is -2.02. The molecule has 0 atom stereocenters. The van der Waals surface area contributed by atoms with Gasteiger partial charge >= 0.3 is 0 Å². The maximum atomic E-state index is 2.27. The standard InChI is InChI=1S/C19H21N/c1-3-4-7-15-10-12-16(13-11-15)19-14-17-8-5-6-9-18(17)20(19)2/h5-6,8-14H,3-4,7H2,1-2H3. The Morgan fingerprint density at radius 1 is 0.950 bits per heavy atom. The fraction of sp³-hybridized carbons (Fsp3) is 0.263. The lowest BCUT2D eigenvalue weighted by Crippen LogP contribution is -1.91. The summed E-state index contributed by atoms with van der Waals surface area (Å²) in [7, 11) is 2.14. The van der Waals surface area contributed by atoms with Crippen LogP contribution in [0.4, 0.5) is 0 Å². The Balaban J connectivity index is 1.96. The summed E-state index contributed by atoms with van der Waals surface area (Å²) in [6.45, 7) is 2.24. The van der Waals surface area contributed by atoms with Crippen molar-refractivity contribution in [2.75, 3.05) is 0 Å². The predicted octanol–water partition coefficient (Wildman–Crippen LogP) is 5.19. The van der Waals surface area contributed by atoms with Crippen LogP contribution in [-0.2, 0) is 13.5 Å². The summed E-state index contributed by atoms with van der Waals surface area (Å²) in [5.74, 6) is 0. The number of nitrogens with zero attached hydrogens (tertiary/aromatic N) is 1. The minimum atomic E-state index is 1.19. The number of hydrogen-bond acceptors (Lipinski definition) is 0. The highest BCUT2D eigenvalue weighted by atomic mass is 14.9. The van der Waals surface area contributed by atoms with Gasteiger partial charge in [0.15, 0.2) is 0 Å². The van der Waals surface area contributed by atoms with Crippen molar-refractivity contribution >= 4 is 10.9 Å². The zero-order valence-electron chi connectivity index (χ0n) is 12.3. The maximum absolute atomic E-state index is 2.27. The van der Waals surface area contributed by atoms with E-state index in [0.29, 0.717) is 0 Å². The van der Waals surface area contributed by atoms with Crippen LogP contribution >= 0.6 is 0 Å². The first-order valence-electron chi connectivity index (χ1n) is 7.43. The van der Waals surface area contributed by atoms with Crippen molar-refractivity contribution in [3.63, 3.8) is 0 Å². The summed E-state index contributed by atoms with van der Waals surface area (Å²) in [4.78, 5) is 0. The van der Waals surface area contributed by atoms with E-state index in [0.717, 1.165) is 0 Å². The largest absolute Gasteiger partial charge is 0.344 e. The minimum absolute atomic E-state index is 1.19. The Labute approximate surface area is 120 Å². The maximum Gasteiger partial charge on any atom is 0.0488 e. The van der Waals surface area contributed by atoms with Crippen molar-refractivity contribution < 1.29 is 0 Å². The third kappa shape index (κ3) is 2.36. The van der Waals surface area contributed by atoms with E-state index in [2.05, 4.69) is 73.1 Å². The molecule has 0 radical (unpaired) electrons. The highest BCUT2D eigenvalue weighted by molar-refractivity contribution is 5.86. The van der Waals surface area contributed by atoms with E-state index in [4.69, 9.17) is 0 Å². The van der Waals surface area contributed by atoms with E-state index in [1.54, 1.807) is 0 Å². The summed E-state index contributed by atoms with van der Waals surface area (Å²) in [5.41, 5.74) is 5.31. The van der Waals surface area contributed by atoms with Crippen LogP contribution in [0, 0.1) is 0 Å². The van der Waals surface area contributed by atoms with Crippen LogP contribution < -0.4 is 0 Å². The van der Waals surface area contributed by atoms with Crippen molar-refractivity contribution in [3.05, 3.63) is 60.2 Å². The van der Waals surface area contributed by atoms with E-state index in [-0.39, 0.29) is 0 Å². The Bertz CT molecular complexity index is 704. The normalized spacial score (nSPS) is 11.1. The van der Waals surface area contributed by atoms with Crippen LogP contribution in [0.3, 0.4) is 0 Å². The van der Waals surface area contributed by atoms with E-state index in [9.17, 15) is 0 Å². The lowest BCUT2D eigenvalue weighted by Gasteiger charge is -2.06. The molecule has 0 fully saturated rings. The molecule has 2 aromatic carbocycles. The van der Waals surface area contributed by atoms with Crippen LogP contribution in [0.2, 0.25) is 0 Å². The second kappa shape index (κ2) is 5.54. The number of para-hydroxylation sites is 1. The first-order chi connectivity index (χ1) is 9.79. The van der Waals surface area contributed by atoms with Crippen LogP contribution in [-0.4, -0.2) is 4.57 Å². The van der Waals surface area contributed by atoms with Crippen molar-refractivity contribution in [2.24, 2.45) is 7.05 Å². The molecule has 3 aromatic rings. The number of unbranched alkanes of at least 4 members (excludes halogenated alkanes) is 1. The first kappa shape index (κ1) is 13.0. The van der Waals surface area contributed by atoms with Gasteiger partial charge in [-0.1, -0.05) is 55.8 Å². The number of aromatic nitrogens is 1. The van der Waals surface area contributed by atoms with Gasteiger partial charge in [0.25, 0.3) is 0 Å². The van der Waals surface area contributed by atoms with Crippen LogP contribution in [0.25, 0.3) is 22.2 Å². The molecular weight excluding hydrogens is 242 g/mol. The third-order valence-electron chi connectivity index (χ3n) is 4.02. The highest BCUT2D eigenvalue weighted by Crippen LogP contribution is 2.27. The summed E-state index contributed by atoms with van der Waals surface area (Å²) in [6, 6.07) is 19.9. The quantitative estimate of drug-likeness (QED) is 0.610. The molecule has 20 heavy (non-hydrogen) atoms. The van der Waals surface area contributed by atoms with E-state index < -0.39 is 0 Å². The smallest absolute Gasteiger partial charge is 0.0488 e. The molecule has 1 heteroatoms. The molecule has 0 spiro atoms. The molecule has 1 heterocycles. The molecule has 0 aliphatic carbocycles. The van der Waals surface area contributed by atoms with Crippen LogP contribution in [0.15, 0.2) is 54.6 Å². The predicted molar refractivity (Wildman–Crippen MR) is 87.0 cm³/mol. The summed E-state index contributed by atoms with van der Waals surface area (Å²) < 4.78 is 2.27. The second-order valence-corrected chi connectivity index (χ2v) is 5.45. The van der Waals surface area contributed by atoms with Gasteiger partial charge in [-0.2, -0.15) is 0 Å². The van der Waals surface area contributed by atoms with E-state index in [1.165, 1.54) is 47.0 Å². The van der Waals surface area contributed by atoms with Gasteiger partial charge in [0.1, 0.15) is 0 Å². The number of rotatable bonds is 4. The van der Waals surface area contributed by atoms with Gasteiger partial charge in [0.05, 0.1) is 0 Å². The highest BCUT2D eigenvalue weighted by Gasteiger charge is 2.07. The lowest BCUT2D eigenvalue weighted by atomic mass is 10.0. The molecule has 1 aromatic heterocycles. The number of hydrogen-bond donors (Lipinski definition) is 0. The number of benzene rings is 2. The molecule has 0 N–H and O–H groups in total. The second-order valence-electron chi connectivity index (χ2n) is 5.45. The van der Waals surface area contributed by atoms with Crippen molar-refractivity contribution in [1.82, 2.24) is 4.57 Å². The lowest BCUT2D eigenvalue weighted by molar-refractivity contribution is 0.795. The van der Waals surface area contributed by atoms with Gasteiger partial charge in [-0.3, -0.25) is 0 Å². The Kier molecular flexibility index (Phi) is 3.60. The average Bonchev–Trinajstić information content (AvgIpc) is 2.83. The van der Waals surface area contributed by atoms with E-state index >= 15 is 0 Å². The van der Waals surface area contributed by atoms with Crippen molar-refractivity contribution in [2.45, 2.75) is 26.2 Å². The molecule has 0 amide bonds. The summed E-state index contributed by atoms with van der Waals surface area (Å²) >= 11 is 0. The third-order valence-corrected chi connectivity index (χ3v) is 4.02. The van der Waals surface area contributed by atoms with Gasteiger partial charge in [-0.25, -0.2) is 0 Å². The molecule has 3 rings (SSSR count). The van der Waals surface area contributed by atoms with Gasteiger partial charge in [0.2, 0.25) is 0 Å². The monoisotopic (exact) mass is 263 g/mol. The van der Waals surface area contributed by atoms with E-state index in [1.807, 2.05) is 0 Å². The summed E-state index contributed by atoms with van der Waals surface area (Å²) in [6.07, 6.45) is 3.71. The molecule has 0 aliphatic heterocycles. The topological polar surface area (TPSA) is 4.93 Å². The zero-order valence-corrected chi connectivity index (χ0v) is 12.3. The Morgan fingerprint density at radius 2 is 1.70 bits per heavy atom. The van der Waals surface area contributed by atoms with Gasteiger partial charge < -0.3 is 4.57 Å². The fourth-order valence-electron chi connectivity index (χ4n) is 2.79. The molecule has 102 valence electrons. The van der Waals surface area contributed by atoms with Crippen LogP contribution in [0.1, 0.15) is 25.3 Å². The Morgan fingerprint density at radius 3 is 2.40 bits per heavy atom. The average molecular weight is 263 g/mol. The van der Waals surface area contributed by atoms with Gasteiger partial charge in [-0.05, 0) is 36.1 Å². The van der Waals surface area contributed by atoms with Gasteiger partial charge in [-0.15, -0.1) is 0 Å². The number of fused-ring (bicyclic) bond motifs is 1.